The molecule has 0 saturated carbocycles. The quantitative estimate of drug-likeness (QED) is 0.703. The number of nitrogens with zero attached hydrogens (tertiary/aromatic N) is 1. The molecule has 0 bridgehead atoms. The van der Waals surface area contributed by atoms with Gasteiger partial charge in [0.2, 0.25) is 0 Å². The lowest BCUT2D eigenvalue weighted by molar-refractivity contribution is 0.646. The van der Waals surface area contributed by atoms with Gasteiger partial charge in [0.05, 0.1) is 11.6 Å². The summed E-state index contributed by atoms with van der Waals surface area (Å²) in [5, 5.41) is 12.3. The fourth-order valence-corrected chi connectivity index (χ4v) is 1.85. The fraction of sp³-hybridized carbons (Fsp3) is 0.364. The second-order valence-electron chi connectivity index (χ2n) is 3.35. The molecule has 13 heavy (non-hydrogen) atoms. The molecule has 2 nitrogen and oxygen atoms in total. The van der Waals surface area contributed by atoms with Crippen LogP contribution in [0.3, 0.4) is 0 Å². The van der Waals surface area contributed by atoms with E-state index < -0.39 is 0 Å². The Hall–Kier alpha value is -1.33. The van der Waals surface area contributed by atoms with Gasteiger partial charge in [0.15, 0.2) is 0 Å². The van der Waals surface area contributed by atoms with Crippen molar-refractivity contribution in [2.75, 3.05) is 6.54 Å². The van der Waals surface area contributed by atoms with Crippen LogP contribution in [0.25, 0.3) is 0 Å². The van der Waals surface area contributed by atoms with E-state index in [0.717, 1.165) is 24.1 Å². The first-order valence-electron chi connectivity index (χ1n) is 4.64. The number of hydrogen-bond donors (Lipinski definition) is 1. The average molecular weight is 172 g/mol. The molecule has 1 saturated heterocycles. The van der Waals surface area contributed by atoms with Crippen molar-refractivity contribution in [2.45, 2.75) is 18.9 Å². The van der Waals surface area contributed by atoms with Gasteiger partial charge in [-0.25, -0.2) is 0 Å². The fourth-order valence-electron chi connectivity index (χ4n) is 1.85. The molecule has 1 aliphatic rings. The van der Waals surface area contributed by atoms with Crippen molar-refractivity contribution >= 4 is 0 Å². The van der Waals surface area contributed by atoms with E-state index in [2.05, 4.69) is 11.4 Å². The van der Waals surface area contributed by atoms with Gasteiger partial charge in [-0.1, -0.05) is 18.2 Å². The third-order valence-electron chi connectivity index (χ3n) is 2.52. The summed E-state index contributed by atoms with van der Waals surface area (Å²) in [6.07, 6.45) is 2.36. The number of nitrogens with one attached hydrogen (secondary N) is 1. The Bertz CT molecular complexity index is 332. The third-order valence-corrected chi connectivity index (χ3v) is 2.52. The number of hydrogen-bond acceptors (Lipinski definition) is 2. The monoisotopic (exact) mass is 172 g/mol. The van der Waals surface area contributed by atoms with Gasteiger partial charge in [-0.15, -0.1) is 0 Å². The van der Waals surface area contributed by atoms with E-state index >= 15 is 0 Å². The topological polar surface area (TPSA) is 35.8 Å². The molecule has 0 aromatic heterocycles. The van der Waals surface area contributed by atoms with E-state index in [-0.39, 0.29) is 0 Å². The highest BCUT2D eigenvalue weighted by Crippen LogP contribution is 2.25. The maximum absolute atomic E-state index is 8.90. The molecular weight excluding hydrogens is 160 g/mol. The van der Waals surface area contributed by atoms with Crippen molar-refractivity contribution in [1.29, 1.82) is 5.26 Å². The van der Waals surface area contributed by atoms with Gasteiger partial charge < -0.3 is 5.32 Å². The van der Waals surface area contributed by atoms with Crippen LogP contribution < -0.4 is 5.32 Å². The summed E-state index contributed by atoms with van der Waals surface area (Å²) in [6.45, 7) is 1.07. The Morgan fingerprint density at radius 3 is 2.92 bits per heavy atom. The van der Waals surface area contributed by atoms with Crippen LogP contribution >= 0.6 is 0 Å². The third kappa shape index (κ3) is 1.56. The van der Waals surface area contributed by atoms with Gasteiger partial charge in [0, 0.05) is 6.04 Å². The number of nitriles is 1. The molecule has 2 rings (SSSR count). The Labute approximate surface area is 78.2 Å². The number of benzene rings is 1. The number of rotatable bonds is 1. The maximum atomic E-state index is 8.90. The smallest absolute Gasteiger partial charge is 0.0995 e. The average Bonchev–Trinajstić information content (AvgIpc) is 2.70. The highest BCUT2D eigenvalue weighted by atomic mass is 14.9. The van der Waals surface area contributed by atoms with Gasteiger partial charge in [-0.2, -0.15) is 5.26 Å². The van der Waals surface area contributed by atoms with Crippen molar-refractivity contribution in [3.63, 3.8) is 0 Å². The van der Waals surface area contributed by atoms with Gasteiger partial charge >= 0.3 is 0 Å². The van der Waals surface area contributed by atoms with Gasteiger partial charge in [0.1, 0.15) is 0 Å². The minimum absolute atomic E-state index is 0.399. The zero-order valence-corrected chi connectivity index (χ0v) is 7.46. The van der Waals surface area contributed by atoms with E-state index in [4.69, 9.17) is 5.26 Å². The van der Waals surface area contributed by atoms with Gasteiger partial charge in [-0.05, 0) is 31.0 Å². The second kappa shape index (κ2) is 3.59. The highest BCUT2D eigenvalue weighted by Gasteiger charge is 2.18. The van der Waals surface area contributed by atoms with E-state index in [9.17, 15) is 0 Å². The van der Waals surface area contributed by atoms with Crippen molar-refractivity contribution in [3.05, 3.63) is 35.4 Å². The summed E-state index contributed by atoms with van der Waals surface area (Å²) in [4.78, 5) is 0. The standard InChI is InChI=1S/C11H12N2/c12-8-9-4-1-2-5-10(9)11-6-3-7-13-11/h1-2,4-5,11,13H,3,6-7H2/t11-/m1/s1. The Morgan fingerprint density at radius 2 is 2.23 bits per heavy atom. The normalized spacial score (nSPS) is 21.3. The first-order chi connectivity index (χ1) is 6.42. The predicted molar refractivity (Wildman–Crippen MR) is 51.1 cm³/mol. The van der Waals surface area contributed by atoms with Gasteiger partial charge in [0.25, 0.3) is 0 Å². The lowest BCUT2D eigenvalue weighted by Gasteiger charge is -2.11. The van der Waals surface area contributed by atoms with Crippen LogP contribution in [0.1, 0.15) is 30.0 Å². The molecule has 66 valence electrons. The highest BCUT2D eigenvalue weighted by molar-refractivity contribution is 5.39. The molecule has 0 amide bonds. The Morgan fingerprint density at radius 1 is 1.38 bits per heavy atom. The first kappa shape index (κ1) is 8.28. The zero-order chi connectivity index (χ0) is 9.10. The maximum Gasteiger partial charge on any atom is 0.0995 e. The lowest BCUT2D eigenvalue weighted by atomic mass is 10.0. The van der Waals surface area contributed by atoms with E-state index in [1.54, 1.807) is 0 Å². The van der Waals surface area contributed by atoms with Crippen LogP contribution in [-0.4, -0.2) is 6.54 Å². The molecule has 1 fully saturated rings. The molecule has 1 aromatic rings. The van der Waals surface area contributed by atoms with Gasteiger partial charge in [-0.3, -0.25) is 0 Å². The molecule has 0 unspecified atom stereocenters. The first-order valence-corrected chi connectivity index (χ1v) is 4.64. The zero-order valence-electron chi connectivity index (χ0n) is 7.46. The molecular formula is C11H12N2. The van der Waals surface area contributed by atoms with Crippen LogP contribution in [0.4, 0.5) is 0 Å². The van der Waals surface area contributed by atoms with E-state index in [1.165, 1.54) is 6.42 Å². The molecule has 0 aliphatic carbocycles. The molecule has 1 atom stereocenters. The molecule has 1 N–H and O–H groups in total. The lowest BCUT2D eigenvalue weighted by Crippen LogP contribution is -2.13. The SMILES string of the molecule is N#Cc1ccccc1[C@H]1CCCN1. The summed E-state index contributed by atoms with van der Waals surface area (Å²) < 4.78 is 0. The van der Waals surface area contributed by atoms with Crippen LogP contribution in [0.2, 0.25) is 0 Å². The largest absolute Gasteiger partial charge is 0.310 e. The summed E-state index contributed by atoms with van der Waals surface area (Å²) in [5.74, 6) is 0. The second-order valence-corrected chi connectivity index (χ2v) is 3.35. The minimum Gasteiger partial charge on any atom is -0.310 e. The van der Waals surface area contributed by atoms with Crippen molar-refractivity contribution < 1.29 is 0 Å². The van der Waals surface area contributed by atoms with Crippen LogP contribution in [0.5, 0.6) is 0 Å². The van der Waals surface area contributed by atoms with Crippen molar-refractivity contribution in [2.24, 2.45) is 0 Å². The van der Waals surface area contributed by atoms with E-state index in [0.29, 0.717) is 6.04 Å². The summed E-state index contributed by atoms with van der Waals surface area (Å²) >= 11 is 0. The molecule has 2 heteroatoms. The van der Waals surface area contributed by atoms with Crippen molar-refractivity contribution in [1.82, 2.24) is 5.32 Å². The molecule has 0 spiro atoms. The van der Waals surface area contributed by atoms with Crippen molar-refractivity contribution in [3.8, 4) is 6.07 Å². The molecule has 1 aliphatic heterocycles. The summed E-state index contributed by atoms with van der Waals surface area (Å²) in [7, 11) is 0. The molecule has 1 heterocycles. The Balaban J connectivity index is 2.33. The molecule has 0 radical (unpaired) electrons. The predicted octanol–water partition coefficient (Wildman–Crippen LogP) is 1.98. The van der Waals surface area contributed by atoms with E-state index in [1.807, 2.05) is 24.3 Å². The van der Waals surface area contributed by atoms with Crippen LogP contribution in [0.15, 0.2) is 24.3 Å². The molecule has 1 aromatic carbocycles. The summed E-state index contributed by atoms with van der Waals surface area (Å²) in [6, 6.07) is 10.5. The Kier molecular flexibility index (Phi) is 2.29. The minimum atomic E-state index is 0.399. The van der Waals surface area contributed by atoms with Crippen LogP contribution in [-0.2, 0) is 0 Å². The van der Waals surface area contributed by atoms with Crippen LogP contribution in [0, 0.1) is 11.3 Å². The summed E-state index contributed by atoms with van der Waals surface area (Å²) in [5.41, 5.74) is 1.96.